The fourth-order valence-electron chi connectivity index (χ4n) is 2.23. The lowest BCUT2D eigenvalue weighted by atomic mass is 10.1. The van der Waals surface area contributed by atoms with E-state index in [1.165, 1.54) is 12.8 Å². The fraction of sp³-hybridized carbons (Fsp3) is 0.625. The number of aliphatic hydroxyl groups is 1. The van der Waals surface area contributed by atoms with E-state index in [-0.39, 0.29) is 0 Å². The number of hydrogen-bond donors (Lipinski definition) is 2. The molecule has 0 aliphatic heterocycles. The summed E-state index contributed by atoms with van der Waals surface area (Å²) in [6, 6.07) is 7.37. The molecule has 1 fully saturated rings. The van der Waals surface area contributed by atoms with Gasteiger partial charge >= 0.3 is 0 Å². The minimum Gasteiger partial charge on any atom is -0.497 e. The first-order chi connectivity index (χ1) is 9.69. The Morgan fingerprint density at radius 2 is 1.85 bits per heavy atom. The van der Waals surface area contributed by atoms with Crippen LogP contribution in [0.4, 0.5) is 0 Å². The molecule has 112 valence electrons. The van der Waals surface area contributed by atoms with Gasteiger partial charge in [-0.2, -0.15) is 0 Å². The molecule has 1 aliphatic rings. The maximum absolute atomic E-state index is 9.87. The van der Waals surface area contributed by atoms with Crippen LogP contribution in [-0.4, -0.2) is 38.0 Å². The maximum Gasteiger partial charge on any atom is 0.119 e. The number of hydrogen-bond acceptors (Lipinski definition) is 4. The Balaban J connectivity index is 1.59. The monoisotopic (exact) mass is 279 g/mol. The van der Waals surface area contributed by atoms with E-state index in [0.717, 1.165) is 24.0 Å². The number of ether oxygens (including phenoxy) is 2. The molecule has 1 aliphatic carbocycles. The summed E-state index contributed by atoms with van der Waals surface area (Å²) < 4.78 is 10.6. The van der Waals surface area contributed by atoms with Crippen LogP contribution in [0.5, 0.6) is 11.5 Å². The van der Waals surface area contributed by atoms with Crippen LogP contribution in [0.1, 0.15) is 19.8 Å². The van der Waals surface area contributed by atoms with Crippen LogP contribution in [-0.2, 0) is 0 Å². The highest BCUT2D eigenvalue weighted by atomic mass is 16.5. The standard InChI is InChI=1S/C16H25NO3/c1-12(13-3-4-13)9-17-10-14(18)11-20-16-7-5-15(19-2)6-8-16/h5-8,12-14,17-18H,3-4,9-11H2,1-2H3. The molecule has 1 aromatic carbocycles. The number of benzene rings is 1. The lowest BCUT2D eigenvalue weighted by Gasteiger charge is -2.15. The van der Waals surface area contributed by atoms with Crippen molar-refractivity contribution in [3.05, 3.63) is 24.3 Å². The second kappa shape index (κ2) is 7.50. The van der Waals surface area contributed by atoms with Crippen molar-refractivity contribution in [1.29, 1.82) is 0 Å². The molecular formula is C16H25NO3. The third kappa shape index (κ3) is 5.02. The highest BCUT2D eigenvalue weighted by Gasteiger charge is 2.27. The zero-order valence-corrected chi connectivity index (χ0v) is 12.3. The molecular weight excluding hydrogens is 254 g/mol. The third-order valence-corrected chi connectivity index (χ3v) is 3.77. The van der Waals surface area contributed by atoms with Crippen molar-refractivity contribution >= 4 is 0 Å². The van der Waals surface area contributed by atoms with Gasteiger partial charge in [-0.15, -0.1) is 0 Å². The molecule has 0 radical (unpaired) electrons. The number of rotatable bonds is 9. The quantitative estimate of drug-likeness (QED) is 0.726. The molecule has 0 amide bonds. The molecule has 2 rings (SSSR count). The highest BCUT2D eigenvalue weighted by Crippen LogP contribution is 2.35. The molecule has 1 aromatic rings. The van der Waals surface area contributed by atoms with Crippen LogP contribution in [0.15, 0.2) is 24.3 Å². The van der Waals surface area contributed by atoms with Crippen molar-refractivity contribution in [3.63, 3.8) is 0 Å². The summed E-state index contributed by atoms with van der Waals surface area (Å²) in [6.07, 6.45) is 2.25. The molecule has 0 bridgehead atoms. The van der Waals surface area contributed by atoms with Gasteiger partial charge in [0.2, 0.25) is 0 Å². The second-order valence-electron chi connectivity index (χ2n) is 5.61. The first kappa shape index (κ1) is 15.1. The van der Waals surface area contributed by atoms with Crippen LogP contribution in [0.25, 0.3) is 0 Å². The van der Waals surface area contributed by atoms with Crippen LogP contribution < -0.4 is 14.8 Å². The van der Waals surface area contributed by atoms with Crippen molar-refractivity contribution in [2.75, 3.05) is 26.8 Å². The van der Waals surface area contributed by atoms with Crippen molar-refractivity contribution in [3.8, 4) is 11.5 Å². The SMILES string of the molecule is COc1ccc(OCC(O)CNCC(C)C2CC2)cc1. The zero-order chi connectivity index (χ0) is 14.4. The maximum atomic E-state index is 9.87. The number of methoxy groups -OCH3 is 1. The molecule has 0 aromatic heterocycles. The van der Waals surface area contributed by atoms with E-state index in [4.69, 9.17) is 9.47 Å². The summed E-state index contributed by atoms with van der Waals surface area (Å²) >= 11 is 0. The van der Waals surface area contributed by atoms with Gasteiger partial charge in [-0.25, -0.2) is 0 Å². The Morgan fingerprint density at radius 3 is 2.45 bits per heavy atom. The topological polar surface area (TPSA) is 50.7 Å². The van der Waals surface area contributed by atoms with Crippen LogP contribution in [0.3, 0.4) is 0 Å². The number of aliphatic hydroxyl groups excluding tert-OH is 1. The number of nitrogens with one attached hydrogen (secondary N) is 1. The summed E-state index contributed by atoms with van der Waals surface area (Å²) in [5.41, 5.74) is 0. The Labute approximate surface area is 121 Å². The smallest absolute Gasteiger partial charge is 0.119 e. The van der Waals surface area contributed by atoms with Crippen molar-refractivity contribution in [2.24, 2.45) is 11.8 Å². The van der Waals surface area contributed by atoms with Crippen molar-refractivity contribution in [1.82, 2.24) is 5.32 Å². The molecule has 2 atom stereocenters. The summed E-state index contributed by atoms with van der Waals surface area (Å²) in [5, 5.41) is 13.2. The Hall–Kier alpha value is -1.26. The molecule has 20 heavy (non-hydrogen) atoms. The summed E-state index contributed by atoms with van der Waals surface area (Å²) in [7, 11) is 1.63. The van der Waals surface area contributed by atoms with Gasteiger partial charge in [0, 0.05) is 6.54 Å². The van der Waals surface area contributed by atoms with E-state index in [2.05, 4.69) is 12.2 Å². The van der Waals surface area contributed by atoms with E-state index in [9.17, 15) is 5.11 Å². The summed E-state index contributed by atoms with van der Waals surface area (Å²) in [4.78, 5) is 0. The van der Waals surface area contributed by atoms with E-state index in [0.29, 0.717) is 19.1 Å². The van der Waals surface area contributed by atoms with Gasteiger partial charge in [0.25, 0.3) is 0 Å². The molecule has 2 unspecified atom stereocenters. The van der Waals surface area contributed by atoms with Gasteiger partial charge in [-0.3, -0.25) is 0 Å². The van der Waals surface area contributed by atoms with Gasteiger partial charge in [0.15, 0.2) is 0 Å². The van der Waals surface area contributed by atoms with Gasteiger partial charge in [-0.05, 0) is 55.5 Å². The molecule has 4 nitrogen and oxygen atoms in total. The van der Waals surface area contributed by atoms with Crippen molar-refractivity contribution < 1.29 is 14.6 Å². The Morgan fingerprint density at radius 1 is 1.20 bits per heavy atom. The first-order valence-corrected chi connectivity index (χ1v) is 7.34. The lowest BCUT2D eigenvalue weighted by Crippen LogP contribution is -2.34. The average Bonchev–Trinajstić information content (AvgIpc) is 3.30. The van der Waals surface area contributed by atoms with Crippen LogP contribution >= 0.6 is 0 Å². The van der Waals surface area contributed by atoms with E-state index in [1.807, 2.05) is 24.3 Å². The zero-order valence-electron chi connectivity index (χ0n) is 12.3. The van der Waals surface area contributed by atoms with E-state index >= 15 is 0 Å². The molecule has 0 heterocycles. The van der Waals surface area contributed by atoms with E-state index in [1.54, 1.807) is 7.11 Å². The summed E-state index contributed by atoms with van der Waals surface area (Å²) in [5.74, 6) is 3.16. The van der Waals surface area contributed by atoms with Crippen LogP contribution in [0.2, 0.25) is 0 Å². The van der Waals surface area contributed by atoms with Gasteiger partial charge in [0.05, 0.1) is 7.11 Å². The van der Waals surface area contributed by atoms with Gasteiger partial charge < -0.3 is 19.9 Å². The Kier molecular flexibility index (Phi) is 5.68. The second-order valence-corrected chi connectivity index (χ2v) is 5.61. The largest absolute Gasteiger partial charge is 0.497 e. The normalized spacial score (nSPS) is 17.6. The first-order valence-electron chi connectivity index (χ1n) is 7.34. The molecule has 0 spiro atoms. The van der Waals surface area contributed by atoms with E-state index < -0.39 is 6.10 Å². The van der Waals surface area contributed by atoms with Crippen molar-refractivity contribution in [2.45, 2.75) is 25.9 Å². The molecule has 4 heteroatoms. The lowest BCUT2D eigenvalue weighted by molar-refractivity contribution is 0.105. The molecule has 1 saturated carbocycles. The molecule has 0 saturated heterocycles. The summed E-state index contributed by atoms with van der Waals surface area (Å²) in [6.45, 7) is 4.12. The predicted molar refractivity (Wildman–Crippen MR) is 79.3 cm³/mol. The third-order valence-electron chi connectivity index (χ3n) is 3.77. The minimum absolute atomic E-state index is 0.303. The highest BCUT2D eigenvalue weighted by molar-refractivity contribution is 5.31. The van der Waals surface area contributed by atoms with Crippen LogP contribution in [0, 0.1) is 11.8 Å². The van der Waals surface area contributed by atoms with Gasteiger partial charge in [-0.1, -0.05) is 6.92 Å². The molecule has 2 N–H and O–H groups in total. The van der Waals surface area contributed by atoms with Gasteiger partial charge in [0.1, 0.15) is 24.2 Å². The minimum atomic E-state index is -0.483. The Bertz CT molecular complexity index is 389. The predicted octanol–water partition coefficient (Wildman–Crippen LogP) is 2.07. The average molecular weight is 279 g/mol. The fourth-order valence-corrected chi connectivity index (χ4v) is 2.23.